The van der Waals surface area contributed by atoms with E-state index in [4.69, 9.17) is 10.5 Å². The number of anilines is 2. The van der Waals surface area contributed by atoms with Crippen LogP contribution in [0.1, 0.15) is 26.3 Å². The molecule has 0 aromatic carbocycles. The second-order valence-corrected chi connectivity index (χ2v) is 5.64. The van der Waals surface area contributed by atoms with Gasteiger partial charge in [-0.3, -0.25) is 4.79 Å². The largest absolute Gasteiger partial charge is 0.444 e. The van der Waals surface area contributed by atoms with Crippen molar-refractivity contribution in [3.63, 3.8) is 0 Å². The summed E-state index contributed by atoms with van der Waals surface area (Å²) in [5, 5.41) is 5.17. The number of carbonyl (C=O) groups excluding carboxylic acids is 2. The van der Waals surface area contributed by atoms with Crippen LogP contribution in [0, 0.1) is 0 Å². The smallest absolute Gasteiger partial charge is 0.408 e. The molecular formula is C13H18N4O3. The SMILES string of the molecule is CC(C)(C)OC(=O)N[C@@H]1Cc2ccc(N)nc2NC1=O. The number of fused-ring (bicyclic) bond motifs is 1. The lowest BCUT2D eigenvalue weighted by atomic mass is 10.0. The first-order valence-corrected chi connectivity index (χ1v) is 6.30. The zero-order valence-corrected chi connectivity index (χ0v) is 11.7. The Balaban J connectivity index is 2.06. The average Bonchev–Trinajstić information content (AvgIpc) is 2.28. The Hall–Kier alpha value is -2.31. The number of hydrogen-bond donors (Lipinski definition) is 3. The summed E-state index contributed by atoms with van der Waals surface area (Å²) >= 11 is 0. The lowest BCUT2D eigenvalue weighted by molar-refractivity contribution is -0.118. The molecule has 1 aliphatic heterocycles. The third-order valence-electron chi connectivity index (χ3n) is 2.67. The summed E-state index contributed by atoms with van der Waals surface area (Å²) in [5.74, 6) is 0.446. The summed E-state index contributed by atoms with van der Waals surface area (Å²) in [7, 11) is 0. The molecule has 1 atom stereocenters. The normalized spacial score (nSPS) is 17.9. The second kappa shape index (κ2) is 4.99. The van der Waals surface area contributed by atoms with Crippen molar-refractivity contribution in [2.45, 2.75) is 38.8 Å². The lowest BCUT2D eigenvalue weighted by Gasteiger charge is -2.26. The maximum Gasteiger partial charge on any atom is 0.408 e. The highest BCUT2D eigenvalue weighted by molar-refractivity contribution is 5.98. The number of hydrogen-bond acceptors (Lipinski definition) is 5. The number of nitrogens with zero attached hydrogens (tertiary/aromatic N) is 1. The minimum absolute atomic E-state index is 0.332. The van der Waals surface area contributed by atoms with Crippen LogP contribution in [0.3, 0.4) is 0 Å². The fourth-order valence-electron chi connectivity index (χ4n) is 1.86. The van der Waals surface area contributed by atoms with Gasteiger partial charge < -0.3 is 21.1 Å². The first kappa shape index (κ1) is 14.1. The van der Waals surface area contributed by atoms with E-state index >= 15 is 0 Å². The van der Waals surface area contributed by atoms with Gasteiger partial charge in [-0.25, -0.2) is 9.78 Å². The molecule has 2 rings (SSSR count). The number of ether oxygens (including phenoxy) is 1. The van der Waals surface area contributed by atoms with Crippen molar-refractivity contribution in [3.8, 4) is 0 Å². The molecule has 1 aliphatic rings. The predicted molar refractivity (Wildman–Crippen MR) is 74.1 cm³/mol. The van der Waals surface area contributed by atoms with Gasteiger partial charge >= 0.3 is 6.09 Å². The van der Waals surface area contributed by atoms with Gasteiger partial charge in [0.15, 0.2) is 0 Å². The zero-order chi connectivity index (χ0) is 14.9. The van der Waals surface area contributed by atoms with Crippen LogP contribution >= 0.6 is 0 Å². The van der Waals surface area contributed by atoms with Crippen molar-refractivity contribution in [2.75, 3.05) is 11.1 Å². The van der Waals surface area contributed by atoms with Gasteiger partial charge in [0, 0.05) is 6.42 Å². The summed E-state index contributed by atoms with van der Waals surface area (Å²) in [6.07, 6.45) is -0.266. The van der Waals surface area contributed by atoms with E-state index in [0.717, 1.165) is 5.56 Å². The van der Waals surface area contributed by atoms with Crippen molar-refractivity contribution in [3.05, 3.63) is 17.7 Å². The number of alkyl carbamates (subject to hydrolysis) is 1. The Labute approximate surface area is 116 Å². The molecule has 2 heterocycles. The fourth-order valence-corrected chi connectivity index (χ4v) is 1.86. The number of rotatable bonds is 1. The van der Waals surface area contributed by atoms with Gasteiger partial charge in [0.05, 0.1) is 0 Å². The van der Waals surface area contributed by atoms with E-state index in [9.17, 15) is 9.59 Å². The molecular weight excluding hydrogens is 260 g/mol. The van der Waals surface area contributed by atoms with Crippen LogP contribution in [0.15, 0.2) is 12.1 Å². The first-order chi connectivity index (χ1) is 9.24. The second-order valence-electron chi connectivity index (χ2n) is 5.64. The Morgan fingerprint density at radius 1 is 1.50 bits per heavy atom. The van der Waals surface area contributed by atoms with Gasteiger partial charge in [0.2, 0.25) is 5.91 Å². The quantitative estimate of drug-likeness (QED) is 0.712. The van der Waals surface area contributed by atoms with Crippen LogP contribution in [-0.4, -0.2) is 28.6 Å². The molecule has 7 heteroatoms. The number of amides is 2. The standard InChI is InChI=1S/C13H18N4O3/c1-13(2,3)20-12(19)15-8-6-7-4-5-9(14)16-10(7)17-11(8)18/h4-5,8H,6H2,1-3H3,(H,15,19)(H3,14,16,17,18)/t8-/m1/s1. The number of nitrogens with two attached hydrogens (primary N) is 1. The Morgan fingerprint density at radius 2 is 2.20 bits per heavy atom. The fraction of sp³-hybridized carbons (Fsp3) is 0.462. The van der Waals surface area contributed by atoms with Crippen molar-refractivity contribution < 1.29 is 14.3 Å². The van der Waals surface area contributed by atoms with E-state index < -0.39 is 17.7 Å². The van der Waals surface area contributed by atoms with E-state index in [0.29, 0.717) is 18.1 Å². The zero-order valence-electron chi connectivity index (χ0n) is 11.7. The lowest BCUT2D eigenvalue weighted by Crippen LogP contribution is -2.49. The van der Waals surface area contributed by atoms with Gasteiger partial charge in [-0.2, -0.15) is 0 Å². The highest BCUT2D eigenvalue weighted by Crippen LogP contribution is 2.21. The molecule has 0 saturated carbocycles. The molecule has 0 unspecified atom stereocenters. The summed E-state index contributed by atoms with van der Waals surface area (Å²) in [4.78, 5) is 27.6. The number of pyridine rings is 1. The monoisotopic (exact) mass is 278 g/mol. The van der Waals surface area contributed by atoms with Gasteiger partial charge in [-0.15, -0.1) is 0 Å². The van der Waals surface area contributed by atoms with Crippen LogP contribution in [0.4, 0.5) is 16.4 Å². The van der Waals surface area contributed by atoms with Crippen LogP contribution in [0.25, 0.3) is 0 Å². The number of carbonyl (C=O) groups is 2. The van der Waals surface area contributed by atoms with E-state index in [1.165, 1.54) is 0 Å². The van der Waals surface area contributed by atoms with E-state index in [1.807, 2.05) is 0 Å². The average molecular weight is 278 g/mol. The highest BCUT2D eigenvalue weighted by Gasteiger charge is 2.29. The van der Waals surface area contributed by atoms with Crippen LogP contribution in [0.5, 0.6) is 0 Å². The molecule has 7 nitrogen and oxygen atoms in total. The summed E-state index contributed by atoms with van der Waals surface area (Å²) in [5.41, 5.74) is 5.77. The molecule has 4 N–H and O–H groups in total. The molecule has 1 aromatic rings. The van der Waals surface area contributed by atoms with Crippen molar-refractivity contribution in [2.24, 2.45) is 0 Å². The van der Waals surface area contributed by atoms with Crippen molar-refractivity contribution in [1.29, 1.82) is 0 Å². The minimum atomic E-state index is -0.678. The molecule has 0 saturated heterocycles. The molecule has 0 spiro atoms. The molecule has 0 aliphatic carbocycles. The molecule has 2 amide bonds. The van der Waals surface area contributed by atoms with Gasteiger partial charge in [-0.1, -0.05) is 6.07 Å². The third-order valence-corrected chi connectivity index (χ3v) is 2.67. The van der Waals surface area contributed by atoms with Gasteiger partial charge in [0.1, 0.15) is 23.3 Å². The number of nitrogen functional groups attached to an aromatic ring is 1. The van der Waals surface area contributed by atoms with E-state index in [-0.39, 0.29) is 5.91 Å². The summed E-state index contributed by atoms with van der Waals surface area (Å²) in [6.45, 7) is 5.28. The minimum Gasteiger partial charge on any atom is -0.444 e. The highest BCUT2D eigenvalue weighted by atomic mass is 16.6. The first-order valence-electron chi connectivity index (χ1n) is 6.30. The van der Waals surface area contributed by atoms with Crippen LogP contribution in [-0.2, 0) is 16.0 Å². The Bertz CT molecular complexity index is 551. The number of nitrogens with one attached hydrogen (secondary N) is 2. The maximum atomic E-state index is 11.9. The van der Waals surface area contributed by atoms with Gasteiger partial charge in [-0.05, 0) is 32.4 Å². The molecule has 0 fully saturated rings. The van der Waals surface area contributed by atoms with E-state index in [2.05, 4.69) is 15.6 Å². The van der Waals surface area contributed by atoms with Crippen LogP contribution in [0.2, 0.25) is 0 Å². The predicted octanol–water partition coefficient (Wildman–Crippen LogP) is 1.05. The molecule has 0 radical (unpaired) electrons. The molecule has 108 valence electrons. The summed E-state index contributed by atoms with van der Waals surface area (Å²) in [6, 6.07) is 2.75. The Morgan fingerprint density at radius 3 is 2.85 bits per heavy atom. The van der Waals surface area contributed by atoms with E-state index in [1.54, 1.807) is 32.9 Å². The number of aromatic nitrogens is 1. The maximum absolute atomic E-state index is 11.9. The van der Waals surface area contributed by atoms with Crippen LogP contribution < -0.4 is 16.4 Å². The Kier molecular flexibility index (Phi) is 3.52. The molecule has 1 aromatic heterocycles. The molecule has 20 heavy (non-hydrogen) atoms. The molecule has 0 bridgehead atoms. The van der Waals surface area contributed by atoms with Crippen molar-refractivity contribution in [1.82, 2.24) is 10.3 Å². The topological polar surface area (TPSA) is 106 Å². The van der Waals surface area contributed by atoms with Gasteiger partial charge in [0.25, 0.3) is 0 Å². The van der Waals surface area contributed by atoms with Crippen molar-refractivity contribution >= 4 is 23.6 Å². The third kappa shape index (κ3) is 3.37. The summed E-state index contributed by atoms with van der Waals surface area (Å²) < 4.78 is 5.13.